The van der Waals surface area contributed by atoms with Gasteiger partial charge in [-0.3, -0.25) is 20.0 Å². The molecule has 0 fully saturated rings. The Kier molecular flexibility index (Phi) is 8.19. The lowest BCUT2D eigenvalue weighted by Crippen LogP contribution is -2.51. The number of likely N-dealkylation sites (N-methyl/N-ethyl adjacent to an activating group) is 1. The number of nitrogens with zero attached hydrogens (tertiary/aromatic N) is 1. The molecule has 0 aliphatic rings. The first-order valence-electron chi connectivity index (χ1n) is 10.8. The highest BCUT2D eigenvalue weighted by molar-refractivity contribution is 5.98. The fraction of sp³-hybridized carbons (Fsp3) is 0.231. The van der Waals surface area contributed by atoms with Crippen molar-refractivity contribution in [1.82, 2.24) is 10.3 Å². The number of hydrogen-bond donors (Lipinski definition) is 2. The average molecular weight is 468 g/mol. The molecule has 2 amide bonds. The number of nitrogens with one attached hydrogen (secondary N) is 2. The minimum atomic E-state index is -1.07. The number of ether oxygens (including phenoxy) is 1. The summed E-state index contributed by atoms with van der Waals surface area (Å²) in [6.45, 7) is 3.90. The lowest BCUT2D eigenvalue weighted by atomic mass is 10.0. The fourth-order valence-corrected chi connectivity index (χ4v) is 3.49. The van der Waals surface area contributed by atoms with Crippen molar-refractivity contribution in [3.63, 3.8) is 0 Å². The van der Waals surface area contributed by atoms with Gasteiger partial charge in [0.1, 0.15) is 23.4 Å². The third kappa shape index (κ3) is 6.54. The molecule has 0 saturated carbocycles. The van der Waals surface area contributed by atoms with Gasteiger partial charge < -0.3 is 10.1 Å². The van der Waals surface area contributed by atoms with Crippen molar-refractivity contribution < 1.29 is 23.1 Å². The third-order valence-electron chi connectivity index (χ3n) is 5.18. The molecule has 0 aromatic heterocycles. The van der Waals surface area contributed by atoms with Crippen molar-refractivity contribution in [3.8, 4) is 5.75 Å². The summed E-state index contributed by atoms with van der Waals surface area (Å²) in [6.07, 6.45) is -0.0914. The molecule has 0 heterocycles. The van der Waals surface area contributed by atoms with Gasteiger partial charge in [-0.25, -0.2) is 8.78 Å². The number of aryl methyl sites for hydroxylation is 1. The Bertz CT molecular complexity index is 1130. The number of anilines is 1. The van der Waals surface area contributed by atoms with E-state index in [1.807, 2.05) is 13.0 Å². The minimum absolute atomic E-state index is 0.0914. The number of carbonyl (C=O) groups excluding carboxylic acids is 2. The smallest absolute Gasteiger partial charge is 0.263 e. The van der Waals surface area contributed by atoms with E-state index in [9.17, 15) is 18.4 Å². The van der Waals surface area contributed by atoms with E-state index in [0.29, 0.717) is 17.0 Å². The highest BCUT2D eigenvalue weighted by Crippen LogP contribution is 2.17. The first kappa shape index (κ1) is 24.7. The number of amides is 2. The summed E-state index contributed by atoms with van der Waals surface area (Å²) in [7, 11) is 1.56. The highest BCUT2D eigenvalue weighted by Gasteiger charge is 2.27. The lowest BCUT2D eigenvalue weighted by Gasteiger charge is -2.28. The zero-order valence-corrected chi connectivity index (χ0v) is 19.3. The van der Waals surface area contributed by atoms with Gasteiger partial charge in [-0.2, -0.15) is 0 Å². The topological polar surface area (TPSA) is 70.7 Å². The molecule has 0 aliphatic carbocycles. The van der Waals surface area contributed by atoms with Crippen molar-refractivity contribution >= 4 is 17.5 Å². The van der Waals surface area contributed by atoms with E-state index in [4.69, 9.17) is 4.74 Å². The first-order chi connectivity index (χ1) is 16.3. The maximum atomic E-state index is 13.8. The molecule has 8 heteroatoms. The number of benzene rings is 3. The molecule has 34 heavy (non-hydrogen) atoms. The van der Waals surface area contributed by atoms with Crippen LogP contribution in [-0.4, -0.2) is 36.5 Å². The normalized spacial score (nSPS) is 11.4. The second kappa shape index (κ2) is 11.3. The second-order valence-corrected chi connectivity index (χ2v) is 7.80. The summed E-state index contributed by atoms with van der Waals surface area (Å²) in [5, 5.41) is 4.08. The van der Waals surface area contributed by atoms with Crippen LogP contribution in [0.1, 0.15) is 28.4 Å². The standard InChI is InChI=1S/C26H27F2N3O3/c1-4-31(30-22-8-10-23(34-3)11-9-22)26(33)24(15-18-13-20(27)16-21(28)14-18)29-25(32)19-7-5-6-17(2)12-19/h5-14,16,24,30H,4,15H2,1-3H3,(H,29,32). The SMILES string of the molecule is CCN(Nc1ccc(OC)cc1)C(=O)C(Cc1cc(F)cc(F)c1)NC(=O)c1cccc(C)c1. The van der Waals surface area contributed by atoms with E-state index in [2.05, 4.69) is 10.7 Å². The van der Waals surface area contributed by atoms with Gasteiger partial charge >= 0.3 is 0 Å². The summed E-state index contributed by atoms with van der Waals surface area (Å²) in [6, 6.07) is 15.9. The van der Waals surface area contributed by atoms with Crippen LogP contribution in [0.4, 0.5) is 14.5 Å². The molecule has 0 bridgehead atoms. The van der Waals surface area contributed by atoms with Gasteiger partial charge in [-0.05, 0) is 67.9 Å². The molecule has 178 valence electrons. The van der Waals surface area contributed by atoms with E-state index < -0.39 is 29.5 Å². The first-order valence-corrected chi connectivity index (χ1v) is 10.8. The van der Waals surface area contributed by atoms with Crippen molar-refractivity contribution in [2.24, 2.45) is 0 Å². The molecule has 3 aromatic carbocycles. The minimum Gasteiger partial charge on any atom is -0.497 e. The van der Waals surface area contributed by atoms with Crippen LogP contribution in [0.3, 0.4) is 0 Å². The van der Waals surface area contributed by atoms with E-state index in [1.54, 1.807) is 56.5 Å². The maximum Gasteiger partial charge on any atom is 0.263 e. The van der Waals surface area contributed by atoms with Gasteiger partial charge in [0.25, 0.3) is 11.8 Å². The van der Waals surface area contributed by atoms with Crippen molar-refractivity contribution in [1.29, 1.82) is 0 Å². The molecule has 2 N–H and O–H groups in total. The van der Waals surface area contributed by atoms with Gasteiger partial charge in [-0.1, -0.05) is 17.7 Å². The number of hydrogen-bond acceptors (Lipinski definition) is 4. The van der Waals surface area contributed by atoms with E-state index in [1.165, 1.54) is 5.01 Å². The van der Waals surface area contributed by atoms with E-state index in [0.717, 1.165) is 23.8 Å². The summed E-state index contributed by atoms with van der Waals surface area (Å²) in [5.74, 6) is -1.76. The number of halogens is 2. The number of carbonyl (C=O) groups is 2. The molecule has 0 spiro atoms. The predicted octanol–water partition coefficient (Wildman–Crippen LogP) is 4.50. The predicted molar refractivity (Wildman–Crippen MR) is 126 cm³/mol. The maximum absolute atomic E-state index is 13.8. The van der Waals surface area contributed by atoms with Crippen LogP contribution in [0.25, 0.3) is 0 Å². The number of rotatable bonds is 9. The van der Waals surface area contributed by atoms with Gasteiger partial charge in [0.05, 0.1) is 12.8 Å². The zero-order valence-electron chi connectivity index (χ0n) is 19.3. The van der Waals surface area contributed by atoms with Gasteiger partial charge in [0.15, 0.2) is 0 Å². The van der Waals surface area contributed by atoms with Gasteiger partial charge in [0.2, 0.25) is 0 Å². The Morgan fingerprint density at radius 1 is 1.00 bits per heavy atom. The van der Waals surface area contributed by atoms with Crippen LogP contribution in [0.5, 0.6) is 5.75 Å². The van der Waals surface area contributed by atoms with E-state index in [-0.39, 0.29) is 18.5 Å². The Morgan fingerprint density at radius 3 is 2.26 bits per heavy atom. The monoisotopic (exact) mass is 467 g/mol. The fourth-order valence-electron chi connectivity index (χ4n) is 3.49. The molecule has 6 nitrogen and oxygen atoms in total. The van der Waals surface area contributed by atoms with Crippen molar-refractivity contribution in [2.75, 3.05) is 19.1 Å². The third-order valence-corrected chi connectivity index (χ3v) is 5.18. The second-order valence-electron chi connectivity index (χ2n) is 7.80. The Morgan fingerprint density at radius 2 is 1.68 bits per heavy atom. The van der Waals surface area contributed by atoms with Gasteiger partial charge in [0, 0.05) is 24.6 Å². The molecule has 3 rings (SSSR count). The molecule has 0 aliphatic heterocycles. The largest absolute Gasteiger partial charge is 0.497 e. The number of hydrazine groups is 1. The van der Waals surface area contributed by atoms with Crippen LogP contribution >= 0.6 is 0 Å². The van der Waals surface area contributed by atoms with Crippen LogP contribution in [0.2, 0.25) is 0 Å². The summed E-state index contributed by atoms with van der Waals surface area (Å²) >= 11 is 0. The Balaban J connectivity index is 1.86. The van der Waals surface area contributed by atoms with Crippen LogP contribution in [0, 0.1) is 18.6 Å². The average Bonchev–Trinajstić information content (AvgIpc) is 2.81. The lowest BCUT2D eigenvalue weighted by molar-refractivity contribution is -0.131. The molecule has 3 aromatic rings. The Hall–Kier alpha value is -3.94. The quantitative estimate of drug-likeness (QED) is 0.455. The number of methoxy groups -OCH3 is 1. The van der Waals surface area contributed by atoms with Crippen molar-refractivity contribution in [2.45, 2.75) is 26.3 Å². The summed E-state index contributed by atoms with van der Waals surface area (Å²) in [4.78, 5) is 26.4. The summed E-state index contributed by atoms with van der Waals surface area (Å²) < 4.78 is 32.7. The molecule has 1 unspecified atom stereocenters. The Labute approximate surface area is 197 Å². The molecule has 0 radical (unpaired) electrons. The highest BCUT2D eigenvalue weighted by atomic mass is 19.1. The zero-order chi connectivity index (χ0) is 24.7. The van der Waals surface area contributed by atoms with Crippen LogP contribution in [-0.2, 0) is 11.2 Å². The van der Waals surface area contributed by atoms with Crippen molar-refractivity contribution in [3.05, 3.63) is 95.1 Å². The van der Waals surface area contributed by atoms with Crippen LogP contribution < -0.4 is 15.5 Å². The summed E-state index contributed by atoms with van der Waals surface area (Å²) in [5.41, 5.74) is 5.18. The van der Waals surface area contributed by atoms with Crippen LogP contribution in [0.15, 0.2) is 66.7 Å². The molecular weight excluding hydrogens is 440 g/mol. The molecule has 0 saturated heterocycles. The van der Waals surface area contributed by atoms with E-state index >= 15 is 0 Å². The molecule has 1 atom stereocenters. The van der Waals surface area contributed by atoms with Gasteiger partial charge in [-0.15, -0.1) is 0 Å². The molecular formula is C26H27F2N3O3.